The molecule has 2 fully saturated rings. The van der Waals surface area contributed by atoms with Gasteiger partial charge >= 0.3 is 5.97 Å². The third-order valence-electron chi connectivity index (χ3n) is 7.32. The molecule has 2 aromatic rings. The summed E-state index contributed by atoms with van der Waals surface area (Å²) in [6.07, 6.45) is -10.9. The normalized spacial score (nSPS) is 30.2. The third-order valence-corrected chi connectivity index (χ3v) is 7.32. The number of rotatable bonds is 12. The van der Waals surface area contributed by atoms with Crippen molar-refractivity contribution in [3.05, 3.63) is 53.6 Å². The number of methoxy groups -OCH3 is 2. The predicted octanol–water partition coefficient (Wildman–Crippen LogP) is -0.798. The summed E-state index contributed by atoms with van der Waals surface area (Å²) >= 11 is 0. The Bertz CT molecular complexity index is 1300. The van der Waals surface area contributed by atoms with Gasteiger partial charge in [-0.2, -0.15) is 0 Å². The summed E-state index contributed by atoms with van der Waals surface area (Å²) in [6, 6.07) is 9.10. The Morgan fingerprint density at radius 1 is 0.911 bits per heavy atom. The van der Waals surface area contributed by atoms with E-state index in [1.54, 1.807) is 12.1 Å². The molecule has 0 amide bonds. The molecule has 15 nitrogen and oxygen atoms in total. The average molecular weight is 639 g/mol. The molecule has 2 aliphatic rings. The van der Waals surface area contributed by atoms with E-state index in [2.05, 4.69) is 0 Å². The van der Waals surface area contributed by atoms with Crippen molar-refractivity contribution in [1.29, 1.82) is 0 Å². The number of carbonyl (C=O) groups excluding carboxylic acids is 1. The third kappa shape index (κ3) is 8.40. The average Bonchev–Trinajstić information content (AvgIpc) is 3.03. The van der Waals surface area contributed by atoms with Crippen molar-refractivity contribution in [3.63, 3.8) is 0 Å². The van der Waals surface area contributed by atoms with Crippen LogP contribution in [0.5, 0.6) is 23.0 Å². The molecule has 0 bridgehead atoms. The second-order valence-electron chi connectivity index (χ2n) is 10.4. The zero-order chi connectivity index (χ0) is 32.7. The molecule has 0 saturated carbocycles. The van der Waals surface area contributed by atoms with Crippen molar-refractivity contribution in [2.75, 3.05) is 34.0 Å². The predicted molar refractivity (Wildman–Crippen MR) is 152 cm³/mol. The van der Waals surface area contributed by atoms with Crippen LogP contribution in [0.25, 0.3) is 6.08 Å². The molecule has 45 heavy (non-hydrogen) atoms. The van der Waals surface area contributed by atoms with E-state index in [0.717, 1.165) is 11.6 Å². The van der Waals surface area contributed by atoms with Crippen LogP contribution in [0.3, 0.4) is 0 Å². The molecular formula is C30H38O15. The molecule has 0 unspecified atom stereocenters. The zero-order valence-electron chi connectivity index (χ0n) is 24.5. The lowest BCUT2D eigenvalue weighted by Gasteiger charge is -2.45. The summed E-state index contributed by atoms with van der Waals surface area (Å²) in [7, 11) is 2.78. The molecule has 2 heterocycles. The molecule has 7 N–H and O–H groups in total. The van der Waals surface area contributed by atoms with Crippen molar-refractivity contribution >= 4 is 12.0 Å². The number of phenols is 2. The topological polar surface area (TPSA) is 223 Å². The molecule has 248 valence electrons. The molecule has 0 aromatic heterocycles. The van der Waals surface area contributed by atoms with Crippen LogP contribution in [0, 0.1) is 0 Å². The fourth-order valence-electron chi connectivity index (χ4n) is 4.84. The number of aliphatic hydroxyl groups is 5. The first-order valence-electron chi connectivity index (χ1n) is 14.0. The van der Waals surface area contributed by atoms with Crippen molar-refractivity contribution in [2.24, 2.45) is 0 Å². The van der Waals surface area contributed by atoms with Crippen LogP contribution in [-0.4, -0.2) is 131 Å². The number of hydrogen-bond acceptors (Lipinski definition) is 15. The first-order valence-corrected chi connectivity index (χ1v) is 14.0. The molecular weight excluding hydrogens is 600 g/mol. The summed E-state index contributed by atoms with van der Waals surface area (Å²) in [4.78, 5) is 12.9. The lowest BCUT2D eigenvalue weighted by molar-refractivity contribution is -0.349. The minimum atomic E-state index is -1.74. The summed E-state index contributed by atoms with van der Waals surface area (Å²) in [6.45, 7) is -1.10. The van der Waals surface area contributed by atoms with Gasteiger partial charge in [0.2, 0.25) is 0 Å². The lowest BCUT2D eigenvalue weighted by atomic mass is 9.97. The number of ether oxygens (including phenoxy) is 7. The molecule has 2 saturated heterocycles. The van der Waals surface area contributed by atoms with Gasteiger partial charge in [0.25, 0.3) is 0 Å². The van der Waals surface area contributed by atoms with Crippen LogP contribution >= 0.6 is 0 Å². The Hall–Kier alpha value is -3.51. The van der Waals surface area contributed by atoms with Crippen molar-refractivity contribution in [1.82, 2.24) is 0 Å². The first-order chi connectivity index (χ1) is 21.6. The number of aromatic hydroxyl groups is 2. The Balaban J connectivity index is 1.51. The highest BCUT2D eigenvalue weighted by Gasteiger charge is 2.51. The monoisotopic (exact) mass is 638 g/mol. The number of benzene rings is 2. The number of hydrogen-bond donors (Lipinski definition) is 7. The SMILES string of the molecule is COc1cc(/C=C/C(=O)O[C@H]2[C@H](O[C@@H]3OC[C@@H](O)[C@H](O)[C@H]3O)[C@@H](O)[C@H](OCCc3ccc(O)c(OC)c3)O[C@@H]2CO)ccc1O. The van der Waals surface area contributed by atoms with E-state index < -0.39 is 74.5 Å². The Kier molecular flexibility index (Phi) is 12.0. The van der Waals surface area contributed by atoms with Crippen LogP contribution in [0.4, 0.5) is 0 Å². The Morgan fingerprint density at radius 3 is 2.29 bits per heavy atom. The van der Waals surface area contributed by atoms with E-state index in [-0.39, 0.29) is 29.6 Å². The van der Waals surface area contributed by atoms with E-state index in [1.807, 2.05) is 0 Å². The van der Waals surface area contributed by atoms with Crippen LogP contribution in [-0.2, 0) is 34.9 Å². The summed E-state index contributed by atoms with van der Waals surface area (Å²) in [5.74, 6) is -0.618. The molecule has 9 atom stereocenters. The van der Waals surface area contributed by atoms with Crippen molar-refractivity contribution in [2.45, 2.75) is 61.7 Å². The van der Waals surface area contributed by atoms with Crippen molar-refractivity contribution < 1.29 is 73.7 Å². The van der Waals surface area contributed by atoms with Crippen LogP contribution in [0.15, 0.2) is 42.5 Å². The van der Waals surface area contributed by atoms with E-state index in [0.29, 0.717) is 12.0 Å². The van der Waals surface area contributed by atoms with Crippen LogP contribution in [0.2, 0.25) is 0 Å². The molecule has 15 heteroatoms. The fourth-order valence-corrected chi connectivity index (χ4v) is 4.84. The largest absolute Gasteiger partial charge is 0.504 e. The summed E-state index contributed by atoms with van der Waals surface area (Å²) in [5.41, 5.74) is 1.22. The standard InChI is InChI=1S/C30H38O15/c1-39-20-11-15(3-6-17(20)32)5-8-23(35)44-27-22(13-31)43-30(41-10-9-16-4-7-18(33)21(12-16)40-2)26(38)28(27)45-29-25(37)24(36)19(34)14-42-29/h3-8,11-12,19,22,24-34,36-38H,9-10,13-14H2,1-2H3/b8-5+/t19-,22-,24+,25-,26-,27-,28-,29+,30-/m1/s1. The van der Waals surface area contributed by atoms with Gasteiger partial charge in [0.05, 0.1) is 34.0 Å². The molecule has 0 aliphatic carbocycles. The van der Waals surface area contributed by atoms with E-state index >= 15 is 0 Å². The van der Waals surface area contributed by atoms with E-state index in [1.165, 1.54) is 44.6 Å². The Morgan fingerprint density at radius 2 is 1.60 bits per heavy atom. The van der Waals surface area contributed by atoms with Gasteiger partial charge in [-0.25, -0.2) is 4.79 Å². The number of phenolic OH excluding ortho intramolecular Hbond substituents is 2. The quantitative estimate of drug-likeness (QED) is 0.112. The van der Waals surface area contributed by atoms with Gasteiger partial charge in [0, 0.05) is 6.08 Å². The second-order valence-corrected chi connectivity index (χ2v) is 10.4. The van der Waals surface area contributed by atoms with Gasteiger partial charge in [-0.05, 0) is 47.9 Å². The fraction of sp³-hybridized carbons (Fsp3) is 0.500. The molecule has 0 radical (unpaired) electrons. The highest BCUT2D eigenvalue weighted by Crippen LogP contribution is 2.31. The second kappa shape index (κ2) is 15.7. The van der Waals surface area contributed by atoms with Gasteiger partial charge in [-0.3, -0.25) is 0 Å². The number of carbonyl (C=O) groups is 1. The van der Waals surface area contributed by atoms with E-state index in [9.17, 15) is 40.5 Å². The highest BCUT2D eigenvalue weighted by atomic mass is 16.7. The highest BCUT2D eigenvalue weighted by molar-refractivity contribution is 5.87. The maximum absolute atomic E-state index is 12.9. The number of aliphatic hydroxyl groups excluding tert-OH is 5. The maximum Gasteiger partial charge on any atom is 0.331 e. The van der Waals surface area contributed by atoms with Gasteiger partial charge in [0.15, 0.2) is 41.7 Å². The minimum absolute atomic E-state index is 0.00271. The lowest BCUT2D eigenvalue weighted by Crippen LogP contribution is -2.64. The zero-order valence-corrected chi connectivity index (χ0v) is 24.5. The number of esters is 1. The maximum atomic E-state index is 12.9. The smallest absolute Gasteiger partial charge is 0.331 e. The van der Waals surface area contributed by atoms with Crippen LogP contribution in [0.1, 0.15) is 11.1 Å². The summed E-state index contributed by atoms with van der Waals surface area (Å²) < 4.78 is 38.4. The van der Waals surface area contributed by atoms with E-state index in [4.69, 9.17) is 33.2 Å². The van der Waals surface area contributed by atoms with Crippen molar-refractivity contribution in [3.8, 4) is 23.0 Å². The minimum Gasteiger partial charge on any atom is -0.504 e. The van der Waals surface area contributed by atoms with Gasteiger partial charge in [-0.15, -0.1) is 0 Å². The van der Waals surface area contributed by atoms with Gasteiger partial charge in [-0.1, -0.05) is 12.1 Å². The Labute approximate surface area is 258 Å². The molecule has 2 aromatic carbocycles. The summed E-state index contributed by atoms with van der Waals surface area (Å²) in [5, 5.41) is 71.4. The molecule has 4 rings (SSSR count). The first kappa shape index (κ1) is 34.4. The molecule has 0 spiro atoms. The molecule has 2 aliphatic heterocycles. The van der Waals surface area contributed by atoms with Gasteiger partial charge in [0.1, 0.15) is 36.6 Å². The van der Waals surface area contributed by atoms with Gasteiger partial charge < -0.3 is 68.9 Å². The van der Waals surface area contributed by atoms with Crippen LogP contribution < -0.4 is 9.47 Å².